The summed E-state index contributed by atoms with van der Waals surface area (Å²) in [5.41, 5.74) is 2.61. The molecule has 0 unspecified atom stereocenters. The molecule has 0 aromatic heterocycles. The summed E-state index contributed by atoms with van der Waals surface area (Å²) in [7, 11) is -3.69. The van der Waals surface area contributed by atoms with E-state index in [2.05, 4.69) is 19.2 Å². The summed E-state index contributed by atoms with van der Waals surface area (Å²) in [6, 6.07) is 13.7. The van der Waals surface area contributed by atoms with Crippen molar-refractivity contribution in [1.82, 2.24) is 5.32 Å². The second-order valence-electron chi connectivity index (χ2n) is 6.17. The predicted octanol–water partition coefficient (Wildman–Crippen LogP) is 2.46. The second kappa shape index (κ2) is 7.59. The van der Waals surface area contributed by atoms with Gasteiger partial charge in [-0.15, -0.1) is 0 Å². The standard InChI is InChI=1S/C18H22N2O3S/c1-13(2)11-14-3-7-16(8-4-14)18(21)20-12-15-5-9-17(10-6-15)24(19,22)23/h3-10,13H,11-12H2,1-2H3,(H,20,21)(H2,19,22,23). The summed E-state index contributed by atoms with van der Waals surface area (Å²) >= 11 is 0. The SMILES string of the molecule is CC(C)Cc1ccc(C(=O)NCc2ccc(S(N)(=O)=O)cc2)cc1. The zero-order valence-corrected chi connectivity index (χ0v) is 14.6. The van der Waals surface area contributed by atoms with Crippen LogP contribution in [0, 0.1) is 5.92 Å². The van der Waals surface area contributed by atoms with Crippen LogP contribution in [0.15, 0.2) is 53.4 Å². The molecule has 2 aromatic carbocycles. The molecule has 3 N–H and O–H groups in total. The van der Waals surface area contributed by atoms with Crippen LogP contribution in [0.2, 0.25) is 0 Å². The molecule has 0 bridgehead atoms. The summed E-state index contributed by atoms with van der Waals surface area (Å²) in [6.45, 7) is 4.63. The van der Waals surface area contributed by atoms with Crippen LogP contribution in [0.5, 0.6) is 0 Å². The van der Waals surface area contributed by atoms with Crippen LogP contribution in [-0.2, 0) is 23.0 Å². The number of rotatable bonds is 6. The van der Waals surface area contributed by atoms with Gasteiger partial charge in [-0.25, -0.2) is 13.6 Å². The first kappa shape index (κ1) is 18.2. The van der Waals surface area contributed by atoms with E-state index in [0.29, 0.717) is 18.0 Å². The zero-order chi connectivity index (χ0) is 17.7. The molecule has 0 fully saturated rings. The van der Waals surface area contributed by atoms with Gasteiger partial charge in [0.2, 0.25) is 10.0 Å². The highest BCUT2D eigenvalue weighted by Gasteiger charge is 2.08. The third-order valence-electron chi connectivity index (χ3n) is 3.57. The van der Waals surface area contributed by atoms with Gasteiger partial charge in [-0.05, 0) is 47.7 Å². The van der Waals surface area contributed by atoms with E-state index in [1.165, 1.54) is 17.7 Å². The second-order valence-corrected chi connectivity index (χ2v) is 7.73. The zero-order valence-electron chi connectivity index (χ0n) is 13.8. The fourth-order valence-corrected chi connectivity index (χ4v) is 2.86. The average molecular weight is 346 g/mol. The quantitative estimate of drug-likeness (QED) is 0.842. The van der Waals surface area contributed by atoms with E-state index < -0.39 is 10.0 Å². The van der Waals surface area contributed by atoms with Crippen LogP contribution in [-0.4, -0.2) is 14.3 Å². The van der Waals surface area contributed by atoms with Crippen molar-refractivity contribution in [1.29, 1.82) is 0 Å². The Morgan fingerprint density at radius 3 is 2.04 bits per heavy atom. The number of sulfonamides is 1. The number of hydrogen-bond acceptors (Lipinski definition) is 3. The maximum absolute atomic E-state index is 12.2. The first-order chi connectivity index (χ1) is 11.3. The van der Waals surface area contributed by atoms with Crippen LogP contribution in [0.4, 0.5) is 0 Å². The van der Waals surface area contributed by atoms with Crippen LogP contribution in [0.25, 0.3) is 0 Å². The average Bonchev–Trinajstić information content (AvgIpc) is 2.52. The number of primary sulfonamides is 1. The molecule has 2 rings (SSSR count). The fourth-order valence-electron chi connectivity index (χ4n) is 2.34. The van der Waals surface area contributed by atoms with Crippen LogP contribution < -0.4 is 10.5 Å². The van der Waals surface area contributed by atoms with Crippen molar-refractivity contribution in [2.24, 2.45) is 11.1 Å². The van der Waals surface area contributed by atoms with Gasteiger partial charge in [-0.3, -0.25) is 4.79 Å². The lowest BCUT2D eigenvalue weighted by molar-refractivity contribution is 0.0951. The minimum atomic E-state index is -3.69. The van der Waals surface area contributed by atoms with Crippen molar-refractivity contribution in [3.05, 3.63) is 65.2 Å². The van der Waals surface area contributed by atoms with Crippen LogP contribution in [0.3, 0.4) is 0 Å². The van der Waals surface area contributed by atoms with Crippen molar-refractivity contribution in [3.8, 4) is 0 Å². The van der Waals surface area contributed by atoms with Crippen molar-refractivity contribution in [3.63, 3.8) is 0 Å². The summed E-state index contributed by atoms with van der Waals surface area (Å²) in [5, 5.41) is 7.86. The van der Waals surface area contributed by atoms with Gasteiger partial charge in [0.05, 0.1) is 4.90 Å². The van der Waals surface area contributed by atoms with Gasteiger partial charge >= 0.3 is 0 Å². The van der Waals surface area contributed by atoms with Crippen molar-refractivity contribution in [2.75, 3.05) is 0 Å². The Morgan fingerprint density at radius 2 is 1.54 bits per heavy atom. The summed E-state index contributed by atoms with van der Waals surface area (Å²) < 4.78 is 22.4. The lowest BCUT2D eigenvalue weighted by atomic mass is 10.0. The molecule has 5 nitrogen and oxygen atoms in total. The third kappa shape index (κ3) is 5.18. The highest BCUT2D eigenvalue weighted by Crippen LogP contribution is 2.11. The monoisotopic (exact) mass is 346 g/mol. The van der Waals surface area contributed by atoms with Crippen LogP contribution in [0.1, 0.15) is 35.3 Å². The minimum Gasteiger partial charge on any atom is -0.348 e. The van der Waals surface area contributed by atoms with Gasteiger partial charge < -0.3 is 5.32 Å². The van der Waals surface area contributed by atoms with E-state index in [9.17, 15) is 13.2 Å². The number of nitrogens with one attached hydrogen (secondary N) is 1. The molecule has 6 heteroatoms. The maximum Gasteiger partial charge on any atom is 0.251 e. The minimum absolute atomic E-state index is 0.0540. The fraction of sp³-hybridized carbons (Fsp3) is 0.278. The number of nitrogens with two attached hydrogens (primary N) is 1. The van der Waals surface area contributed by atoms with E-state index in [1.807, 2.05) is 24.3 Å². The van der Waals surface area contributed by atoms with Gasteiger partial charge in [0, 0.05) is 12.1 Å². The smallest absolute Gasteiger partial charge is 0.251 e. The van der Waals surface area contributed by atoms with E-state index >= 15 is 0 Å². The molecule has 0 spiro atoms. The maximum atomic E-state index is 12.2. The van der Waals surface area contributed by atoms with Gasteiger partial charge in [0.1, 0.15) is 0 Å². The molecule has 0 aliphatic heterocycles. The van der Waals surface area contributed by atoms with Crippen molar-refractivity contribution in [2.45, 2.75) is 31.7 Å². The van der Waals surface area contributed by atoms with Gasteiger partial charge in [0.25, 0.3) is 5.91 Å². The van der Waals surface area contributed by atoms with E-state index in [-0.39, 0.29) is 10.8 Å². The van der Waals surface area contributed by atoms with Gasteiger partial charge in [-0.1, -0.05) is 38.1 Å². The topological polar surface area (TPSA) is 89.3 Å². The number of benzene rings is 2. The largest absolute Gasteiger partial charge is 0.348 e. The third-order valence-corrected chi connectivity index (χ3v) is 4.49. The Labute approximate surface area is 142 Å². The van der Waals surface area contributed by atoms with Crippen LogP contribution >= 0.6 is 0 Å². The molecule has 0 saturated heterocycles. The Hall–Kier alpha value is -2.18. The molecule has 128 valence electrons. The molecule has 0 saturated carbocycles. The first-order valence-electron chi connectivity index (χ1n) is 7.74. The molecule has 0 radical (unpaired) electrons. The highest BCUT2D eigenvalue weighted by molar-refractivity contribution is 7.89. The summed E-state index contributed by atoms with van der Waals surface area (Å²) in [5.74, 6) is 0.409. The Kier molecular flexibility index (Phi) is 5.75. The van der Waals surface area contributed by atoms with E-state index in [1.54, 1.807) is 12.1 Å². The Balaban J connectivity index is 1.95. The lowest BCUT2D eigenvalue weighted by Crippen LogP contribution is -2.22. The molecule has 0 aliphatic carbocycles. The van der Waals surface area contributed by atoms with Gasteiger partial charge in [0.15, 0.2) is 0 Å². The highest BCUT2D eigenvalue weighted by atomic mass is 32.2. The number of carbonyl (C=O) groups is 1. The molecule has 2 aromatic rings. The number of amides is 1. The molecular weight excluding hydrogens is 324 g/mol. The Bertz CT molecular complexity index is 795. The van der Waals surface area contributed by atoms with Crippen molar-refractivity contribution >= 4 is 15.9 Å². The molecule has 0 heterocycles. The lowest BCUT2D eigenvalue weighted by Gasteiger charge is -2.08. The molecule has 0 aliphatic rings. The molecule has 1 amide bonds. The van der Waals surface area contributed by atoms with Gasteiger partial charge in [-0.2, -0.15) is 0 Å². The first-order valence-corrected chi connectivity index (χ1v) is 9.29. The van der Waals surface area contributed by atoms with E-state index in [4.69, 9.17) is 5.14 Å². The van der Waals surface area contributed by atoms with Crippen molar-refractivity contribution < 1.29 is 13.2 Å². The summed E-state index contributed by atoms with van der Waals surface area (Å²) in [6.07, 6.45) is 0.984. The summed E-state index contributed by atoms with van der Waals surface area (Å²) in [4.78, 5) is 12.2. The number of carbonyl (C=O) groups excluding carboxylic acids is 1. The molecular formula is C18H22N2O3S. The number of hydrogen-bond donors (Lipinski definition) is 2. The Morgan fingerprint density at radius 1 is 1.00 bits per heavy atom. The normalized spacial score (nSPS) is 11.5. The molecule has 24 heavy (non-hydrogen) atoms. The molecule has 0 atom stereocenters. The van der Waals surface area contributed by atoms with E-state index in [0.717, 1.165) is 12.0 Å². The predicted molar refractivity (Wildman–Crippen MR) is 94.0 cm³/mol.